The molecule has 0 aromatic heterocycles. The van der Waals surface area contributed by atoms with Crippen molar-refractivity contribution in [2.24, 2.45) is 4.99 Å². The molecular weight excluding hydrogens is 507 g/mol. The van der Waals surface area contributed by atoms with Crippen molar-refractivity contribution < 1.29 is 14.6 Å². The number of nitrogens with zero attached hydrogens (tertiary/aromatic N) is 3. The molecule has 0 bridgehead atoms. The number of nitrogens with one attached hydrogen (secondary N) is 1. The molecule has 8 heteroatoms. The molecule has 170 valence electrons. The number of guanidine groups is 1. The summed E-state index contributed by atoms with van der Waals surface area (Å²) in [5.41, 5.74) is 1.92. The number of halogens is 1. The molecular formula is C23H33IN4O3. The smallest absolute Gasteiger partial charge is 0.194 e. The van der Waals surface area contributed by atoms with Crippen molar-refractivity contribution in [3.05, 3.63) is 54.1 Å². The van der Waals surface area contributed by atoms with Gasteiger partial charge in [-0.1, -0.05) is 24.3 Å². The Bertz CT molecular complexity index is 841. The molecule has 2 N–H and O–H groups in total. The van der Waals surface area contributed by atoms with Crippen molar-refractivity contribution in [1.29, 1.82) is 0 Å². The second kappa shape index (κ2) is 12.6. The Morgan fingerprint density at radius 2 is 1.81 bits per heavy atom. The lowest BCUT2D eigenvalue weighted by molar-refractivity contribution is 0.186. The second-order valence-electron chi connectivity index (χ2n) is 7.13. The Labute approximate surface area is 202 Å². The third-order valence-corrected chi connectivity index (χ3v) is 5.23. The maximum Gasteiger partial charge on any atom is 0.194 e. The maximum absolute atomic E-state index is 10.6. The zero-order chi connectivity index (χ0) is 21.3. The number of ether oxygens (including phenoxy) is 2. The molecule has 1 fully saturated rings. The molecule has 3 rings (SSSR count). The minimum absolute atomic E-state index is 0. The Morgan fingerprint density at radius 3 is 2.48 bits per heavy atom. The van der Waals surface area contributed by atoms with E-state index < -0.39 is 6.10 Å². The summed E-state index contributed by atoms with van der Waals surface area (Å²) >= 11 is 0. The van der Waals surface area contributed by atoms with Crippen LogP contribution in [-0.2, 0) is 0 Å². The van der Waals surface area contributed by atoms with Gasteiger partial charge in [0.05, 0.1) is 32.6 Å². The maximum atomic E-state index is 10.6. The Balaban J connectivity index is 0.00000341. The Kier molecular flexibility index (Phi) is 10.2. The van der Waals surface area contributed by atoms with Crippen LogP contribution in [-0.4, -0.2) is 69.5 Å². The zero-order valence-corrected chi connectivity index (χ0v) is 20.8. The number of aliphatic hydroxyl groups is 1. The van der Waals surface area contributed by atoms with Crippen LogP contribution in [0.1, 0.15) is 18.6 Å². The fourth-order valence-corrected chi connectivity index (χ4v) is 3.60. The molecule has 1 aliphatic rings. The molecule has 0 saturated carbocycles. The van der Waals surface area contributed by atoms with E-state index in [9.17, 15) is 5.11 Å². The van der Waals surface area contributed by atoms with Gasteiger partial charge in [-0.05, 0) is 36.8 Å². The molecule has 1 heterocycles. The summed E-state index contributed by atoms with van der Waals surface area (Å²) in [4.78, 5) is 9.28. The lowest BCUT2D eigenvalue weighted by atomic mass is 10.1. The first-order valence-electron chi connectivity index (χ1n) is 10.4. The molecule has 1 unspecified atom stereocenters. The van der Waals surface area contributed by atoms with Crippen molar-refractivity contribution in [1.82, 2.24) is 10.2 Å². The van der Waals surface area contributed by atoms with E-state index in [1.54, 1.807) is 14.2 Å². The van der Waals surface area contributed by atoms with Crippen LogP contribution in [0.5, 0.6) is 11.5 Å². The predicted molar refractivity (Wildman–Crippen MR) is 136 cm³/mol. The van der Waals surface area contributed by atoms with Crippen LogP contribution in [0.3, 0.4) is 0 Å². The van der Waals surface area contributed by atoms with Crippen molar-refractivity contribution in [2.45, 2.75) is 13.0 Å². The van der Waals surface area contributed by atoms with E-state index >= 15 is 0 Å². The minimum Gasteiger partial charge on any atom is -0.497 e. The molecule has 0 amide bonds. The summed E-state index contributed by atoms with van der Waals surface area (Å²) in [5, 5.41) is 13.9. The molecule has 31 heavy (non-hydrogen) atoms. The van der Waals surface area contributed by atoms with E-state index in [0.29, 0.717) is 6.54 Å². The Morgan fingerprint density at radius 1 is 1.06 bits per heavy atom. The summed E-state index contributed by atoms with van der Waals surface area (Å²) in [5.74, 6) is 2.46. The highest BCUT2D eigenvalue weighted by Gasteiger charge is 2.22. The van der Waals surface area contributed by atoms with E-state index in [1.807, 2.05) is 42.5 Å². The summed E-state index contributed by atoms with van der Waals surface area (Å²) in [6.07, 6.45) is -0.677. The van der Waals surface area contributed by atoms with E-state index in [-0.39, 0.29) is 24.0 Å². The normalized spacial score (nSPS) is 15.2. The fraction of sp³-hybridized carbons (Fsp3) is 0.435. The molecule has 0 spiro atoms. The molecule has 1 saturated heterocycles. The second-order valence-corrected chi connectivity index (χ2v) is 7.13. The van der Waals surface area contributed by atoms with Gasteiger partial charge in [0.15, 0.2) is 5.96 Å². The highest BCUT2D eigenvalue weighted by Crippen LogP contribution is 2.28. The highest BCUT2D eigenvalue weighted by atomic mass is 127. The molecule has 1 atom stereocenters. The number of anilines is 1. The van der Waals surface area contributed by atoms with Crippen LogP contribution in [0, 0.1) is 0 Å². The third kappa shape index (κ3) is 6.64. The van der Waals surface area contributed by atoms with Crippen LogP contribution in [0.15, 0.2) is 53.5 Å². The van der Waals surface area contributed by atoms with Gasteiger partial charge in [-0.15, -0.1) is 24.0 Å². The van der Waals surface area contributed by atoms with Gasteiger partial charge in [0.2, 0.25) is 0 Å². The monoisotopic (exact) mass is 540 g/mol. The van der Waals surface area contributed by atoms with Crippen LogP contribution >= 0.6 is 24.0 Å². The average molecular weight is 540 g/mol. The number of methoxy groups -OCH3 is 2. The standard InChI is InChI=1S/C23H32N4O3.HI/c1-4-24-23(25-17-21(28)18-8-7-9-19(16-18)29-2)27-14-12-26(13-15-27)20-10-5-6-11-22(20)30-3;/h5-11,16,21,28H,4,12-15,17H2,1-3H3,(H,24,25);1H. The molecule has 1 aliphatic heterocycles. The van der Waals surface area contributed by atoms with Gasteiger partial charge in [0.25, 0.3) is 0 Å². The van der Waals surface area contributed by atoms with E-state index in [4.69, 9.17) is 14.5 Å². The van der Waals surface area contributed by atoms with Crippen molar-refractivity contribution in [2.75, 3.05) is 58.4 Å². The number of piperazine rings is 1. The first-order chi connectivity index (χ1) is 14.7. The average Bonchev–Trinajstić information content (AvgIpc) is 2.81. The van der Waals surface area contributed by atoms with Crippen molar-refractivity contribution in [3.8, 4) is 11.5 Å². The van der Waals surface area contributed by atoms with Gasteiger partial charge in [-0.2, -0.15) is 0 Å². The van der Waals surface area contributed by atoms with Gasteiger partial charge in [0.1, 0.15) is 11.5 Å². The van der Waals surface area contributed by atoms with Crippen LogP contribution in [0.2, 0.25) is 0 Å². The molecule has 2 aromatic carbocycles. The van der Waals surface area contributed by atoms with Crippen LogP contribution < -0.4 is 19.7 Å². The number of aliphatic imine (C=N–C) groups is 1. The summed E-state index contributed by atoms with van der Waals surface area (Å²) in [6.45, 7) is 6.58. The van der Waals surface area contributed by atoms with Crippen molar-refractivity contribution in [3.63, 3.8) is 0 Å². The van der Waals surface area contributed by atoms with E-state index in [1.165, 1.54) is 0 Å². The quantitative estimate of drug-likeness (QED) is 0.320. The number of rotatable bonds is 7. The first-order valence-corrected chi connectivity index (χ1v) is 10.4. The van der Waals surface area contributed by atoms with Gasteiger partial charge >= 0.3 is 0 Å². The Hall–Kier alpha value is -2.20. The summed E-state index contributed by atoms with van der Waals surface area (Å²) < 4.78 is 10.8. The number of hydrogen-bond donors (Lipinski definition) is 2. The number of para-hydroxylation sites is 2. The largest absolute Gasteiger partial charge is 0.497 e. The zero-order valence-electron chi connectivity index (χ0n) is 18.5. The van der Waals surface area contributed by atoms with E-state index in [0.717, 1.165) is 61.4 Å². The third-order valence-electron chi connectivity index (χ3n) is 5.23. The molecule has 7 nitrogen and oxygen atoms in total. The van der Waals surface area contributed by atoms with Gasteiger partial charge in [-0.3, -0.25) is 4.99 Å². The van der Waals surface area contributed by atoms with Gasteiger partial charge in [-0.25, -0.2) is 0 Å². The number of benzene rings is 2. The van der Waals surface area contributed by atoms with Crippen LogP contribution in [0.4, 0.5) is 5.69 Å². The van der Waals surface area contributed by atoms with Gasteiger partial charge in [0, 0.05) is 32.7 Å². The minimum atomic E-state index is -0.677. The molecule has 0 aliphatic carbocycles. The number of aliphatic hydroxyl groups excluding tert-OH is 1. The molecule has 2 aromatic rings. The van der Waals surface area contributed by atoms with Gasteiger partial charge < -0.3 is 29.7 Å². The van der Waals surface area contributed by atoms with Crippen LogP contribution in [0.25, 0.3) is 0 Å². The SMILES string of the molecule is CCNC(=NCC(O)c1cccc(OC)c1)N1CCN(c2ccccc2OC)CC1.I. The molecule has 0 radical (unpaired) electrons. The van der Waals surface area contributed by atoms with E-state index in [2.05, 4.69) is 28.1 Å². The lowest BCUT2D eigenvalue weighted by Gasteiger charge is -2.38. The predicted octanol–water partition coefficient (Wildman–Crippen LogP) is 3.14. The fourth-order valence-electron chi connectivity index (χ4n) is 3.60. The number of hydrogen-bond acceptors (Lipinski definition) is 5. The summed E-state index contributed by atoms with van der Waals surface area (Å²) in [6, 6.07) is 15.6. The van der Waals surface area contributed by atoms with Crippen molar-refractivity contribution >= 4 is 35.6 Å². The topological polar surface area (TPSA) is 69.6 Å². The highest BCUT2D eigenvalue weighted by molar-refractivity contribution is 14.0. The summed E-state index contributed by atoms with van der Waals surface area (Å²) in [7, 11) is 3.33. The lowest BCUT2D eigenvalue weighted by Crippen LogP contribution is -2.52. The first kappa shape index (κ1) is 25.1.